The van der Waals surface area contributed by atoms with Gasteiger partial charge in [0, 0.05) is 11.3 Å². The minimum atomic E-state index is -0.351. The Morgan fingerprint density at radius 3 is 2.47 bits per heavy atom. The monoisotopic (exact) mass is 257 g/mol. The van der Waals surface area contributed by atoms with Crippen LogP contribution in [-0.4, -0.2) is 21.3 Å². The Labute approximate surface area is 107 Å². The first-order chi connectivity index (χ1) is 7.83. The zero-order valence-electron chi connectivity index (χ0n) is 11.1. The van der Waals surface area contributed by atoms with Gasteiger partial charge in [-0.1, -0.05) is 20.8 Å². The number of halogens is 1. The molecule has 0 fully saturated rings. The van der Waals surface area contributed by atoms with Crippen molar-refractivity contribution in [2.75, 3.05) is 11.9 Å². The quantitative estimate of drug-likeness (QED) is 0.897. The molecule has 0 aliphatic heterocycles. The summed E-state index contributed by atoms with van der Waals surface area (Å²) in [6, 6.07) is 0. The molecular weight excluding hydrogens is 237 g/mol. The molecule has 0 aromatic carbocycles. The predicted octanol–water partition coefficient (Wildman–Crippen LogP) is 3.39. The van der Waals surface area contributed by atoms with Crippen molar-refractivity contribution in [2.45, 2.75) is 45.1 Å². The average Bonchev–Trinajstić information content (AvgIpc) is 2.21. The van der Waals surface area contributed by atoms with Crippen LogP contribution >= 0.6 is 11.8 Å². The number of thioether (sulfide) groups is 1. The molecule has 5 heteroatoms. The van der Waals surface area contributed by atoms with E-state index in [0.717, 1.165) is 0 Å². The third-order valence-corrected chi connectivity index (χ3v) is 3.31. The van der Waals surface area contributed by atoms with E-state index in [1.54, 1.807) is 18.7 Å². The fraction of sp³-hybridized carbons (Fsp3) is 0.667. The molecule has 0 amide bonds. The molecule has 0 aliphatic rings. The number of hydrogen-bond acceptors (Lipinski definition) is 4. The van der Waals surface area contributed by atoms with Gasteiger partial charge in [-0.15, -0.1) is 11.8 Å². The van der Waals surface area contributed by atoms with Crippen LogP contribution < -0.4 is 5.32 Å². The van der Waals surface area contributed by atoms with Crippen molar-refractivity contribution in [1.82, 2.24) is 9.97 Å². The second kappa shape index (κ2) is 5.67. The minimum absolute atomic E-state index is 0.157. The highest BCUT2D eigenvalue weighted by atomic mass is 32.2. The smallest absolute Gasteiger partial charge is 0.186 e. The second-order valence-electron chi connectivity index (χ2n) is 4.82. The normalized spacial score (nSPS) is 11.6. The van der Waals surface area contributed by atoms with Crippen molar-refractivity contribution >= 4 is 17.6 Å². The van der Waals surface area contributed by atoms with Crippen molar-refractivity contribution in [1.29, 1.82) is 0 Å². The van der Waals surface area contributed by atoms with Crippen molar-refractivity contribution in [3.63, 3.8) is 0 Å². The summed E-state index contributed by atoms with van der Waals surface area (Å²) in [6.45, 7) is 10.7. The second-order valence-corrected chi connectivity index (χ2v) is 6.62. The summed E-state index contributed by atoms with van der Waals surface area (Å²) in [5.74, 6) is 1.34. The van der Waals surface area contributed by atoms with Crippen LogP contribution in [0.1, 0.15) is 39.2 Å². The molecule has 0 bridgehead atoms. The van der Waals surface area contributed by atoms with Gasteiger partial charge in [-0.05, 0) is 13.8 Å². The molecule has 0 saturated heterocycles. The largest absolute Gasteiger partial charge is 0.368 e. The summed E-state index contributed by atoms with van der Waals surface area (Å²) >= 11 is 1.75. The highest BCUT2D eigenvalue weighted by Crippen LogP contribution is 2.26. The van der Waals surface area contributed by atoms with E-state index in [-0.39, 0.29) is 10.6 Å². The van der Waals surface area contributed by atoms with Crippen molar-refractivity contribution < 1.29 is 4.39 Å². The van der Waals surface area contributed by atoms with Gasteiger partial charge in [0.1, 0.15) is 5.82 Å². The molecule has 1 aromatic heterocycles. The molecule has 1 heterocycles. The maximum Gasteiger partial charge on any atom is 0.186 e. The molecule has 1 rings (SSSR count). The van der Waals surface area contributed by atoms with Crippen LogP contribution in [0.4, 0.5) is 10.2 Å². The Kier molecular flexibility index (Phi) is 4.74. The van der Waals surface area contributed by atoms with Gasteiger partial charge in [-0.3, -0.25) is 0 Å². The lowest BCUT2D eigenvalue weighted by Gasteiger charge is -2.17. The zero-order chi connectivity index (χ0) is 13.1. The molecule has 1 aromatic rings. The van der Waals surface area contributed by atoms with Crippen LogP contribution in [0.15, 0.2) is 0 Å². The summed E-state index contributed by atoms with van der Waals surface area (Å²) < 4.78 is 13.8. The highest BCUT2D eigenvalue weighted by molar-refractivity contribution is 7.99. The summed E-state index contributed by atoms with van der Waals surface area (Å²) in [5, 5.41) is 2.92. The lowest BCUT2D eigenvalue weighted by molar-refractivity contribution is 0.602. The van der Waals surface area contributed by atoms with Gasteiger partial charge in [-0.2, -0.15) is 0 Å². The van der Waals surface area contributed by atoms with Crippen LogP contribution in [0.3, 0.4) is 0 Å². The van der Waals surface area contributed by atoms with E-state index in [1.165, 1.54) is 0 Å². The van der Waals surface area contributed by atoms with Gasteiger partial charge in [0.25, 0.3) is 0 Å². The fourth-order valence-corrected chi connectivity index (χ4v) is 1.94. The maximum atomic E-state index is 13.6. The third kappa shape index (κ3) is 4.50. The first-order valence-corrected chi connectivity index (χ1v) is 6.73. The maximum absolute atomic E-state index is 13.6. The standard InChI is InChI=1S/C12H20FN3S/c1-6-14-11-10(13)8(2)15-9(16-11)7-17-12(3,4)5/h6-7H2,1-5H3,(H,14,15,16). The van der Waals surface area contributed by atoms with Gasteiger partial charge >= 0.3 is 0 Å². The number of aryl methyl sites for hydroxylation is 1. The number of rotatable bonds is 4. The van der Waals surface area contributed by atoms with Crippen LogP contribution in [0.5, 0.6) is 0 Å². The molecule has 17 heavy (non-hydrogen) atoms. The number of nitrogens with zero attached hydrogens (tertiary/aromatic N) is 2. The van der Waals surface area contributed by atoms with Crippen molar-refractivity contribution in [2.24, 2.45) is 0 Å². The molecule has 1 N–H and O–H groups in total. The lowest BCUT2D eigenvalue weighted by atomic mass is 10.3. The predicted molar refractivity (Wildman–Crippen MR) is 71.9 cm³/mol. The topological polar surface area (TPSA) is 37.8 Å². The zero-order valence-corrected chi connectivity index (χ0v) is 11.9. The summed E-state index contributed by atoms with van der Waals surface area (Å²) in [4.78, 5) is 8.38. The number of nitrogens with one attached hydrogen (secondary N) is 1. The molecule has 0 saturated carbocycles. The average molecular weight is 257 g/mol. The van der Waals surface area contributed by atoms with Crippen LogP contribution in [0, 0.1) is 12.7 Å². The Balaban J connectivity index is 2.86. The van der Waals surface area contributed by atoms with Gasteiger partial charge in [0.15, 0.2) is 11.6 Å². The van der Waals surface area contributed by atoms with Gasteiger partial charge in [-0.25, -0.2) is 14.4 Å². The van der Waals surface area contributed by atoms with Crippen LogP contribution in [0.2, 0.25) is 0 Å². The Bertz CT molecular complexity index is 388. The summed E-state index contributed by atoms with van der Waals surface area (Å²) in [7, 11) is 0. The van der Waals surface area contributed by atoms with Crippen molar-refractivity contribution in [3.8, 4) is 0 Å². The van der Waals surface area contributed by atoms with E-state index >= 15 is 0 Å². The fourth-order valence-electron chi connectivity index (χ4n) is 1.25. The Morgan fingerprint density at radius 1 is 1.29 bits per heavy atom. The van der Waals surface area contributed by atoms with Crippen LogP contribution in [0.25, 0.3) is 0 Å². The van der Waals surface area contributed by atoms with Gasteiger partial charge in [0.05, 0.1) is 11.4 Å². The molecule has 0 aliphatic carbocycles. The van der Waals surface area contributed by atoms with E-state index in [9.17, 15) is 4.39 Å². The van der Waals surface area contributed by atoms with Crippen LogP contribution in [-0.2, 0) is 5.75 Å². The molecule has 3 nitrogen and oxygen atoms in total. The van der Waals surface area contributed by atoms with E-state index in [1.807, 2.05) is 6.92 Å². The molecule has 96 valence electrons. The number of aromatic nitrogens is 2. The summed E-state index contributed by atoms with van der Waals surface area (Å²) in [6.07, 6.45) is 0. The summed E-state index contributed by atoms with van der Waals surface area (Å²) in [5.41, 5.74) is 0.403. The van der Waals surface area contributed by atoms with E-state index in [0.29, 0.717) is 29.6 Å². The Morgan fingerprint density at radius 2 is 1.94 bits per heavy atom. The minimum Gasteiger partial charge on any atom is -0.368 e. The van der Waals surface area contributed by atoms with E-state index < -0.39 is 0 Å². The Hall–Kier alpha value is -0.840. The first kappa shape index (κ1) is 14.2. The SMILES string of the molecule is CCNc1nc(CSC(C)(C)C)nc(C)c1F. The molecular formula is C12H20FN3S. The van der Waals surface area contributed by atoms with E-state index in [2.05, 4.69) is 36.1 Å². The lowest BCUT2D eigenvalue weighted by Crippen LogP contribution is -2.11. The molecule has 0 unspecified atom stereocenters. The van der Waals surface area contributed by atoms with E-state index in [4.69, 9.17) is 0 Å². The van der Waals surface area contributed by atoms with Crippen molar-refractivity contribution in [3.05, 3.63) is 17.3 Å². The molecule has 0 atom stereocenters. The third-order valence-electron chi connectivity index (χ3n) is 2.04. The molecule has 0 radical (unpaired) electrons. The van der Waals surface area contributed by atoms with Gasteiger partial charge < -0.3 is 5.32 Å². The number of hydrogen-bond donors (Lipinski definition) is 1. The number of anilines is 1. The highest BCUT2D eigenvalue weighted by Gasteiger charge is 2.14. The molecule has 0 spiro atoms. The van der Waals surface area contributed by atoms with Gasteiger partial charge in [0.2, 0.25) is 0 Å². The first-order valence-electron chi connectivity index (χ1n) is 5.74.